The summed E-state index contributed by atoms with van der Waals surface area (Å²) in [6.07, 6.45) is 0.568. The van der Waals surface area contributed by atoms with E-state index in [0.29, 0.717) is 6.10 Å². The number of hydrogen-bond donors (Lipinski definition) is 0. The molecule has 0 aromatic carbocycles. The molecule has 0 bridgehead atoms. The van der Waals surface area contributed by atoms with Crippen LogP contribution in [0.15, 0.2) is 0 Å². The molecule has 70 valence electrons. The number of ether oxygens (including phenoxy) is 1. The molecule has 2 saturated heterocycles. The highest BCUT2D eigenvalue weighted by Gasteiger charge is 2.26. The smallest absolute Gasteiger partial charge is 0.0936 e. The number of piperazine rings is 1. The molecule has 2 aliphatic rings. The predicted molar refractivity (Wildman–Crippen MR) is 48.3 cm³/mol. The predicted octanol–water partition coefficient (Wildman–Crippen LogP) is 0.0227. The lowest BCUT2D eigenvalue weighted by Gasteiger charge is -2.33. The molecule has 1 atom stereocenters. The lowest BCUT2D eigenvalue weighted by Crippen LogP contribution is -2.47. The standard InChI is InChI=1S/C9H18N2O/c1-2-10-3-5-11(6-4-10)7-9-8-12-9/h9H,2-8H2,1H3. The third-order valence-corrected chi connectivity index (χ3v) is 2.78. The summed E-state index contributed by atoms with van der Waals surface area (Å²) >= 11 is 0. The van der Waals surface area contributed by atoms with Gasteiger partial charge in [0.25, 0.3) is 0 Å². The van der Waals surface area contributed by atoms with Gasteiger partial charge in [0.15, 0.2) is 0 Å². The van der Waals surface area contributed by atoms with Gasteiger partial charge in [0, 0.05) is 32.7 Å². The molecule has 12 heavy (non-hydrogen) atoms. The molecule has 2 fully saturated rings. The largest absolute Gasteiger partial charge is 0.372 e. The summed E-state index contributed by atoms with van der Waals surface area (Å²) in [6, 6.07) is 0. The molecule has 0 radical (unpaired) electrons. The number of rotatable bonds is 3. The first kappa shape index (κ1) is 8.48. The Hall–Kier alpha value is -0.120. The van der Waals surface area contributed by atoms with Crippen molar-refractivity contribution >= 4 is 0 Å². The highest BCUT2D eigenvalue weighted by Crippen LogP contribution is 2.12. The van der Waals surface area contributed by atoms with Gasteiger partial charge in [0.05, 0.1) is 12.7 Å². The third kappa shape index (κ3) is 2.19. The van der Waals surface area contributed by atoms with E-state index < -0.39 is 0 Å². The van der Waals surface area contributed by atoms with Gasteiger partial charge in [0.2, 0.25) is 0 Å². The minimum absolute atomic E-state index is 0.568. The normalized spacial score (nSPS) is 32.2. The molecule has 3 nitrogen and oxygen atoms in total. The van der Waals surface area contributed by atoms with E-state index in [4.69, 9.17) is 4.74 Å². The van der Waals surface area contributed by atoms with Gasteiger partial charge >= 0.3 is 0 Å². The maximum atomic E-state index is 5.21. The van der Waals surface area contributed by atoms with E-state index in [0.717, 1.165) is 13.2 Å². The van der Waals surface area contributed by atoms with E-state index in [2.05, 4.69) is 16.7 Å². The van der Waals surface area contributed by atoms with Gasteiger partial charge in [-0.15, -0.1) is 0 Å². The number of hydrogen-bond acceptors (Lipinski definition) is 3. The molecular formula is C9H18N2O. The van der Waals surface area contributed by atoms with Crippen LogP contribution in [-0.2, 0) is 4.74 Å². The molecule has 0 amide bonds. The SMILES string of the molecule is CCN1CCN(CC2CO2)CC1. The summed E-state index contributed by atoms with van der Waals surface area (Å²) in [5, 5.41) is 0. The van der Waals surface area contributed by atoms with Crippen molar-refractivity contribution < 1.29 is 4.74 Å². The topological polar surface area (TPSA) is 19.0 Å². The highest BCUT2D eigenvalue weighted by molar-refractivity contribution is 4.78. The highest BCUT2D eigenvalue weighted by atomic mass is 16.6. The molecule has 0 spiro atoms. The van der Waals surface area contributed by atoms with Crippen molar-refractivity contribution in [2.75, 3.05) is 45.9 Å². The molecule has 2 aliphatic heterocycles. The van der Waals surface area contributed by atoms with Crippen molar-refractivity contribution in [1.29, 1.82) is 0 Å². The zero-order chi connectivity index (χ0) is 8.39. The molecule has 0 aliphatic carbocycles. The quantitative estimate of drug-likeness (QED) is 0.557. The van der Waals surface area contributed by atoms with Crippen LogP contribution in [0.25, 0.3) is 0 Å². The first-order valence-corrected chi connectivity index (χ1v) is 4.95. The number of nitrogens with zero attached hydrogens (tertiary/aromatic N) is 2. The zero-order valence-corrected chi connectivity index (χ0v) is 7.83. The first-order valence-electron chi connectivity index (χ1n) is 4.95. The Balaban J connectivity index is 1.66. The van der Waals surface area contributed by atoms with E-state index >= 15 is 0 Å². The van der Waals surface area contributed by atoms with Crippen molar-refractivity contribution in [3.8, 4) is 0 Å². The van der Waals surface area contributed by atoms with Gasteiger partial charge in [-0.3, -0.25) is 4.90 Å². The Morgan fingerprint density at radius 3 is 2.25 bits per heavy atom. The second-order valence-electron chi connectivity index (χ2n) is 3.69. The molecule has 0 saturated carbocycles. The van der Waals surface area contributed by atoms with Crippen molar-refractivity contribution in [3.05, 3.63) is 0 Å². The maximum Gasteiger partial charge on any atom is 0.0936 e. The minimum Gasteiger partial charge on any atom is -0.372 e. The third-order valence-electron chi connectivity index (χ3n) is 2.78. The summed E-state index contributed by atoms with van der Waals surface area (Å²) < 4.78 is 5.21. The second-order valence-corrected chi connectivity index (χ2v) is 3.69. The molecule has 0 aromatic rings. The number of epoxide rings is 1. The van der Waals surface area contributed by atoms with E-state index in [1.165, 1.54) is 32.7 Å². The molecule has 3 heteroatoms. The molecule has 0 N–H and O–H groups in total. The summed E-state index contributed by atoms with van der Waals surface area (Å²) in [7, 11) is 0. The second kappa shape index (κ2) is 3.73. The van der Waals surface area contributed by atoms with Crippen molar-refractivity contribution in [1.82, 2.24) is 9.80 Å². The Bertz CT molecular complexity index is 139. The van der Waals surface area contributed by atoms with Crippen LogP contribution in [0.3, 0.4) is 0 Å². The van der Waals surface area contributed by atoms with Gasteiger partial charge in [-0.2, -0.15) is 0 Å². The number of likely N-dealkylation sites (N-methyl/N-ethyl adjacent to an activating group) is 1. The van der Waals surface area contributed by atoms with Crippen LogP contribution in [0.1, 0.15) is 6.92 Å². The van der Waals surface area contributed by atoms with Gasteiger partial charge in [-0.05, 0) is 6.54 Å². The monoisotopic (exact) mass is 170 g/mol. The average Bonchev–Trinajstić information content (AvgIpc) is 2.90. The van der Waals surface area contributed by atoms with Crippen LogP contribution < -0.4 is 0 Å². The Morgan fingerprint density at radius 2 is 1.75 bits per heavy atom. The first-order chi connectivity index (χ1) is 5.88. The van der Waals surface area contributed by atoms with E-state index in [1.54, 1.807) is 0 Å². The Labute approximate surface area is 74.3 Å². The summed E-state index contributed by atoms with van der Waals surface area (Å²) in [5.74, 6) is 0. The lowest BCUT2D eigenvalue weighted by atomic mass is 10.3. The van der Waals surface area contributed by atoms with Crippen LogP contribution in [0.5, 0.6) is 0 Å². The molecule has 1 unspecified atom stereocenters. The fraction of sp³-hybridized carbons (Fsp3) is 1.00. The van der Waals surface area contributed by atoms with Crippen LogP contribution >= 0.6 is 0 Å². The van der Waals surface area contributed by atoms with E-state index in [1.807, 2.05) is 0 Å². The summed E-state index contributed by atoms with van der Waals surface area (Å²) in [4.78, 5) is 5.02. The Morgan fingerprint density at radius 1 is 1.17 bits per heavy atom. The van der Waals surface area contributed by atoms with Crippen LogP contribution in [0.2, 0.25) is 0 Å². The Kier molecular flexibility index (Phi) is 2.63. The lowest BCUT2D eigenvalue weighted by molar-refractivity contribution is 0.129. The zero-order valence-electron chi connectivity index (χ0n) is 7.83. The summed E-state index contributed by atoms with van der Waals surface area (Å²) in [6.45, 7) is 10.5. The van der Waals surface area contributed by atoms with Crippen LogP contribution in [-0.4, -0.2) is 61.8 Å². The van der Waals surface area contributed by atoms with Gasteiger partial charge < -0.3 is 9.64 Å². The molecule has 0 aromatic heterocycles. The van der Waals surface area contributed by atoms with Crippen LogP contribution in [0.4, 0.5) is 0 Å². The van der Waals surface area contributed by atoms with Crippen LogP contribution in [0, 0.1) is 0 Å². The summed E-state index contributed by atoms with van der Waals surface area (Å²) in [5.41, 5.74) is 0. The van der Waals surface area contributed by atoms with E-state index in [-0.39, 0.29) is 0 Å². The molecule has 2 heterocycles. The fourth-order valence-corrected chi connectivity index (χ4v) is 1.75. The van der Waals surface area contributed by atoms with Crippen molar-refractivity contribution in [3.63, 3.8) is 0 Å². The molecular weight excluding hydrogens is 152 g/mol. The fourth-order valence-electron chi connectivity index (χ4n) is 1.75. The molecule has 2 rings (SSSR count). The van der Waals surface area contributed by atoms with Crippen molar-refractivity contribution in [2.45, 2.75) is 13.0 Å². The van der Waals surface area contributed by atoms with Gasteiger partial charge in [-0.25, -0.2) is 0 Å². The van der Waals surface area contributed by atoms with E-state index in [9.17, 15) is 0 Å². The maximum absolute atomic E-state index is 5.21. The minimum atomic E-state index is 0.568. The van der Waals surface area contributed by atoms with Crippen molar-refractivity contribution in [2.24, 2.45) is 0 Å². The average molecular weight is 170 g/mol. The van der Waals surface area contributed by atoms with Gasteiger partial charge in [0.1, 0.15) is 0 Å². The van der Waals surface area contributed by atoms with Gasteiger partial charge in [-0.1, -0.05) is 6.92 Å².